The van der Waals surface area contributed by atoms with Crippen LogP contribution in [0.25, 0.3) is 0 Å². The van der Waals surface area contributed by atoms with Gasteiger partial charge in [-0.2, -0.15) is 0 Å². The maximum atomic E-state index is 12.3. The lowest BCUT2D eigenvalue weighted by Gasteiger charge is -2.17. The third-order valence-electron chi connectivity index (χ3n) is 3.90. The Morgan fingerprint density at radius 1 is 1.35 bits per heavy atom. The summed E-state index contributed by atoms with van der Waals surface area (Å²) in [7, 11) is 1.49. The summed E-state index contributed by atoms with van der Waals surface area (Å²) in [5.74, 6) is -0.265. The number of ether oxygens (including phenoxy) is 1. The first-order valence-corrected chi connectivity index (χ1v) is 6.75. The van der Waals surface area contributed by atoms with E-state index in [4.69, 9.17) is 9.84 Å². The SMILES string of the molecule is COc1ccc(C(=O)O)cc1NC(=O)C1CCCC1C. The Labute approximate surface area is 117 Å². The first-order chi connectivity index (χ1) is 9.52. The molecule has 2 unspecified atom stereocenters. The van der Waals surface area contributed by atoms with Gasteiger partial charge in [0.05, 0.1) is 18.4 Å². The van der Waals surface area contributed by atoms with E-state index in [0.29, 0.717) is 17.4 Å². The molecule has 0 heterocycles. The summed E-state index contributed by atoms with van der Waals surface area (Å²) in [6.07, 6.45) is 3.00. The van der Waals surface area contributed by atoms with Gasteiger partial charge in [0.25, 0.3) is 0 Å². The molecule has 1 aromatic rings. The van der Waals surface area contributed by atoms with Crippen LogP contribution in [0.4, 0.5) is 5.69 Å². The summed E-state index contributed by atoms with van der Waals surface area (Å²) in [5, 5.41) is 11.8. The van der Waals surface area contributed by atoms with Crippen LogP contribution in [0, 0.1) is 11.8 Å². The van der Waals surface area contributed by atoms with Crippen molar-refractivity contribution in [1.29, 1.82) is 0 Å². The van der Waals surface area contributed by atoms with Gasteiger partial charge in [-0.3, -0.25) is 4.79 Å². The number of carbonyl (C=O) groups is 2. The van der Waals surface area contributed by atoms with Gasteiger partial charge in [-0.1, -0.05) is 13.3 Å². The van der Waals surface area contributed by atoms with Crippen molar-refractivity contribution in [1.82, 2.24) is 0 Å². The zero-order valence-electron chi connectivity index (χ0n) is 11.7. The van der Waals surface area contributed by atoms with Crippen molar-refractivity contribution in [2.75, 3.05) is 12.4 Å². The van der Waals surface area contributed by atoms with E-state index in [0.717, 1.165) is 19.3 Å². The molecule has 2 N–H and O–H groups in total. The number of rotatable bonds is 4. The molecule has 108 valence electrons. The standard InChI is InChI=1S/C15H19NO4/c1-9-4-3-5-11(9)14(17)16-12-8-10(15(18)19)6-7-13(12)20-2/h6-9,11H,3-5H2,1-2H3,(H,16,17)(H,18,19). The van der Waals surface area contributed by atoms with Gasteiger partial charge in [-0.15, -0.1) is 0 Å². The second kappa shape index (κ2) is 5.94. The van der Waals surface area contributed by atoms with Crippen LogP contribution in [0.3, 0.4) is 0 Å². The van der Waals surface area contributed by atoms with Crippen molar-refractivity contribution < 1.29 is 19.4 Å². The lowest BCUT2D eigenvalue weighted by Crippen LogP contribution is -2.24. The van der Waals surface area contributed by atoms with Crippen LogP contribution in [-0.4, -0.2) is 24.1 Å². The normalized spacial score (nSPS) is 21.5. The largest absolute Gasteiger partial charge is 0.495 e. The Kier molecular flexibility index (Phi) is 4.27. The predicted octanol–water partition coefficient (Wildman–Crippen LogP) is 2.77. The number of aromatic carboxylic acids is 1. The first kappa shape index (κ1) is 14.4. The van der Waals surface area contributed by atoms with Crippen molar-refractivity contribution in [3.8, 4) is 5.75 Å². The molecule has 20 heavy (non-hydrogen) atoms. The van der Waals surface area contributed by atoms with Crippen molar-refractivity contribution in [3.05, 3.63) is 23.8 Å². The molecule has 0 bridgehead atoms. The first-order valence-electron chi connectivity index (χ1n) is 6.75. The van der Waals surface area contributed by atoms with E-state index in [-0.39, 0.29) is 17.4 Å². The molecule has 1 fully saturated rings. The topological polar surface area (TPSA) is 75.6 Å². The number of carboxylic acids is 1. The molecule has 2 rings (SSSR count). The minimum atomic E-state index is -1.03. The lowest BCUT2D eigenvalue weighted by molar-refractivity contribution is -0.120. The monoisotopic (exact) mass is 277 g/mol. The number of hydrogen-bond donors (Lipinski definition) is 2. The fraction of sp³-hybridized carbons (Fsp3) is 0.467. The molecule has 5 heteroatoms. The average Bonchev–Trinajstić information content (AvgIpc) is 2.84. The Morgan fingerprint density at radius 3 is 2.65 bits per heavy atom. The zero-order chi connectivity index (χ0) is 14.7. The van der Waals surface area contributed by atoms with Crippen LogP contribution >= 0.6 is 0 Å². The molecule has 0 saturated heterocycles. The highest BCUT2D eigenvalue weighted by molar-refractivity contribution is 5.96. The number of carboxylic acid groups (broad SMARTS) is 1. The van der Waals surface area contributed by atoms with Gasteiger partial charge in [0.2, 0.25) is 5.91 Å². The van der Waals surface area contributed by atoms with Crippen LogP contribution in [0.2, 0.25) is 0 Å². The summed E-state index contributed by atoms with van der Waals surface area (Å²) in [6, 6.07) is 4.44. The molecule has 0 aliphatic heterocycles. The van der Waals surface area contributed by atoms with Crippen molar-refractivity contribution in [3.63, 3.8) is 0 Å². The molecule has 0 aromatic heterocycles. The molecule has 2 atom stereocenters. The molecule has 1 aromatic carbocycles. The Hall–Kier alpha value is -2.04. The maximum Gasteiger partial charge on any atom is 0.335 e. The van der Waals surface area contributed by atoms with Crippen molar-refractivity contribution in [2.45, 2.75) is 26.2 Å². The summed E-state index contributed by atoms with van der Waals surface area (Å²) in [4.78, 5) is 23.3. The minimum absolute atomic E-state index is 0.00631. The molecule has 1 saturated carbocycles. The van der Waals surface area contributed by atoms with Crippen LogP contribution < -0.4 is 10.1 Å². The Morgan fingerprint density at radius 2 is 2.10 bits per heavy atom. The average molecular weight is 277 g/mol. The predicted molar refractivity (Wildman–Crippen MR) is 75.1 cm³/mol. The number of benzene rings is 1. The van der Waals surface area contributed by atoms with E-state index < -0.39 is 5.97 Å². The second-order valence-electron chi connectivity index (χ2n) is 5.22. The molecule has 1 aliphatic rings. The fourth-order valence-corrected chi connectivity index (χ4v) is 2.70. The number of nitrogens with one attached hydrogen (secondary N) is 1. The number of anilines is 1. The van der Waals surface area contributed by atoms with Crippen LogP contribution in [0.1, 0.15) is 36.5 Å². The molecular formula is C15H19NO4. The third kappa shape index (κ3) is 2.92. The van der Waals surface area contributed by atoms with Crippen molar-refractivity contribution >= 4 is 17.6 Å². The van der Waals surface area contributed by atoms with Crippen molar-refractivity contribution in [2.24, 2.45) is 11.8 Å². The number of amides is 1. The van der Waals surface area contributed by atoms with Gasteiger partial charge in [0.1, 0.15) is 5.75 Å². The summed E-state index contributed by atoms with van der Waals surface area (Å²) in [6.45, 7) is 2.07. The second-order valence-corrected chi connectivity index (χ2v) is 5.22. The van der Waals surface area contributed by atoms with E-state index in [1.807, 2.05) is 0 Å². The van der Waals surface area contributed by atoms with Crippen LogP contribution in [-0.2, 0) is 4.79 Å². The molecule has 0 spiro atoms. The molecule has 5 nitrogen and oxygen atoms in total. The summed E-state index contributed by atoms with van der Waals surface area (Å²) < 4.78 is 5.16. The highest BCUT2D eigenvalue weighted by Crippen LogP contribution is 2.33. The van der Waals surface area contributed by atoms with Gasteiger partial charge in [0.15, 0.2) is 0 Å². The summed E-state index contributed by atoms with van der Waals surface area (Å²) in [5.41, 5.74) is 0.539. The lowest BCUT2D eigenvalue weighted by atomic mass is 9.97. The number of methoxy groups -OCH3 is 1. The Balaban J connectivity index is 2.20. The number of carbonyl (C=O) groups excluding carboxylic acids is 1. The highest BCUT2D eigenvalue weighted by atomic mass is 16.5. The molecule has 1 aliphatic carbocycles. The van der Waals surface area contributed by atoms with Gasteiger partial charge in [-0.05, 0) is 37.0 Å². The van der Waals surface area contributed by atoms with E-state index in [1.54, 1.807) is 6.07 Å². The van der Waals surface area contributed by atoms with E-state index >= 15 is 0 Å². The third-order valence-corrected chi connectivity index (χ3v) is 3.90. The smallest absolute Gasteiger partial charge is 0.335 e. The van der Waals surface area contributed by atoms with E-state index in [2.05, 4.69) is 12.2 Å². The quantitative estimate of drug-likeness (QED) is 0.887. The van der Waals surface area contributed by atoms with Gasteiger partial charge >= 0.3 is 5.97 Å². The van der Waals surface area contributed by atoms with Gasteiger partial charge < -0.3 is 15.2 Å². The van der Waals surface area contributed by atoms with Gasteiger partial charge in [-0.25, -0.2) is 4.79 Å². The summed E-state index contributed by atoms with van der Waals surface area (Å²) >= 11 is 0. The van der Waals surface area contributed by atoms with Gasteiger partial charge in [0, 0.05) is 5.92 Å². The maximum absolute atomic E-state index is 12.3. The minimum Gasteiger partial charge on any atom is -0.495 e. The van der Waals surface area contributed by atoms with Crippen LogP contribution in [0.15, 0.2) is 18.2 Å². The molecule has 1 amide bonds. The Bertz CT molecular complexity index is 527. The molecule has 0 radical (unpaired) electrons. The van der Waals surface area contributed by atoms with Crippen LogP contribution in [0.5, 0.6) is 5.75 Å². The number of hydrogen-bond acceptors (Lipinski definition) is 3. The molecular weight excluding hydrogens is 258 g/mol. The highest BCUT2D eigenvalue weighted by Gasteiger charge is 2.30. The zero-order valence-corrected chi connectivity index (χ0v) is 11.7. The van der Waals surface area contributed by atoms with E-state index in [1.165, 1.54) is 19.2 Å². The fourth-order valence-electron chi connectivity index (χ4n) is 2.70. The van der Waals surface area contributed by atoms with E-state index in [9.17, 15) is 9.59 Å².